The van der Waals surface area contributed by atoms with E-state index in [1.165, 1.54) is 11.0 Å². The Labute approximate surface area is 127 Å². The van der Waals surface area contributed by atoms with Gasteiger partial charge >= 0.3 is 0 Å². The minimum absolute atomic E-state index is 0.262. The molecule has 0 aliphatic rings. The molecule has 0 radical (unpaired) electrons. The fourth-order valence-electron chi connectivity index (χ4n) is 2.16. The van der Waals surface area contributed by atoms with Crippen LogP contribution >= 0.6 is 11.8 Å². The van der Waals surface area contributed by atoms with E-state index in [0.717, 1.165) is 23.4 Å². The van der Waals surface area contributed by atoms with Crippen molar-refractivity contribution in [2.24, 2.45) is 5.84 Å². The van der Waals surface area contributed by atoms with E-state index in [1.807, 2.05) is 24.3 Å². The number of thioether (sulfide) groups is 1. The minimum atomic E-state index is -0.447. The first-order chi connectivity index (χ1) is 10.1. The molecule has 0 amide bonds. The number of rotatable bonds is 6. The Balaban J connectivity index is 2.17. The van der Waals surface area contributed by atoms with Gasteiger partial charge in [0, 0.05) is 4.90 Å². The average molecular weight is 308 g/mol. The lowest BCUT2D eigenvalue weighted by Crippen LogP contribution is -2.29. The normalized spacial score (nSPS) is 12.4. The van der Waals surface area contributed by atoms with Crippen molar-refractivity contribution >= 4 is 11.8 Å². The molecular formula is C16H18F2N2S. The minimum Gasteiger partial charge on any atom is -0.271 e. The second kappa shape index (κ2) is 7.54. The molecule has 3 N–H and O–H groups in total. The van der Waals surface area contributed by atoms with E-state index in [0.29, 0.717) is 12.0 Å². The standard InChI is InChI=1S/C16H18F2N2S/c1-2-21-14-6-3-11(4-7-14)16(20-19)10-12-9-13(17)5-8-15(12)18/h3-9,16,20H,2,10,19H2,1H3. The zero-order valence-corrected chi connectivity index (χ0v) is 12.6. The quantitative estimate of drug-likeness (QED) is 0.484. The smallest absolute Gasteiger partial charge is 0.126 e. The molecule has 1 atom stereocenters. The molecule has 2 aromatic carbocycles. The number of benzene rings is 2. The fraction of sp³-hybridized carbons (Fsp3) is 0.250. The Morgan fingerprint density at radius 2 is 1.86 bits per heavy atom. The molecule has 1 unspecified atom stereocenters. The molecule has 0 bridgehead atoms. The van der Waals surface area contributed by atoms with Gasteiger partial charge in [-0.25, -0.2) is 8.78 Å². The van der Waals surface area contributed by atoms with Crippen molar-refractivity contribution in [3.8, 4) is 0 Å². The summed E-state index contributed by atoms with van der Waals surface area (Å²) in [6.07, 6.45) is 0.292. The van der Waals surface area contributed by atoms with E-state index < -0.39 is 11.6 Å². The molecule has 0 saturated carbocycles. The maximum absolute atomic E-state index is 13.7. The largest absolute Gasteiger partial charge is 0.271 e. The first kappa shape index (κ1) is 15.9. The Bertz CT molecular complexity index is 587. The van der Waals surface area contributed by atoms with Gasteiger partial charge in [0.1, 0.15) is 11.6 Å². The van der Waals surface area contributed by atoms with Gasteiger partial charge in [0.25, 0.3) is 0 Å². The van der Waals surface area contributed by atoms with Crippen molar-refractivity contribution in [3.05, 3.63) is 65.2 Å². The molecule has 0 aromatic heterocycles. The number of nitrogens with two attached hydrogens (primary N) is 1. The van der Waals surface area contributed by atoms with Crippen LogP contribution in [0.5, 0.6) is 0 Å². The number of nitrogens with one attached hydrogen (secondary N) is 1. The van der Waals surface area contributed by atoms with Gasteiger partial charge in [0.05, 0.1) is 6.04 Å². The summed E-state index contributed by atoms with van der Waals surface area (Å²) in [6.45, 7) is 2.09. The van der Waals surface area contributed by atoms with Crippen molar-refractivity contribution in [3.63, 3.8) is 0 Å². The summed E-state index contributed by atoms with van der Waals surface area (Å²) in [6, 6.07) is 11.1. The van der Waals surface area contributed by atoms with E-state index in [1.54, 1.807) is 11.8 Å². The van der Waals surface area contributed by atoms with Crippen LogP contribution in [0, 0.1) is 11.6 Å². The van der Waals surface area contributed by atoms with Gasteiger partial charge in [0.15, 0.2) is 0 Å². The molecular weight excluding hydrogens is 290 g/mol. The van der Waals surface area contributed by atoms with Gasteiger partial charge in [-0.15, -0.1) is 11.8 Å². The van der Waals surface area contributed by atoms with Crippen molar-refractivity contribution in [2.45, 2.75) is 24.3 Å². The summed E-state index contributed by atoms with van der Waals surface area (Å²) < 4.78 is 26.9. The highest BCUT2D eigenvalue weighted by Crippen LogP contribution is 2.24. The van der Waals surface area contributed by atoms with E-state index in [9.17, 15) is 8.78 Å². The first-order valence-electron chi connectivity index (χ1n) is 6.77. The van der Waals surface area contributed by atoms with Crippen LogP contribution in [0.4, 0.5) is 8.78 Å². The highest BCUT2D eigenvalue weighted by Gasteiger charge is 2.14. The third kappa shape index (κ3) is 4.27. The molecule has 112 valence electrons. The lowest BCUT2D eigenvalue weighted by molar-refractivity contribution is 0.522. The average Bonchev–Trinajstić information content (AvgIpc) is 2.49. The van der Waals surface area contributed by atoms with Crippen molar-refractivity contribution in [2.75, 3.05) is 5.75 Å². The molecule has 0 spiro atoms. The summed E-state index contributed by atoms with van der Waals surface area (Å²) in [5.41, 5.74) is 3.93. The number of hydrazine groups is 1. The maximum atomic E-state index is 13.7. The van der Waals surface area contributed by atoms with Crippen LogP contribution in [0.3, 0.4) is 0 Å². The number of hydrogen-bond acceptors (Lipinski definition) is 3. The molecule has 2 nitrogen and oxygen atoms in total. The molecule has 0 fully saturated rings. The molecule has 21 heavy (non-hydrogen) atoms. The Morgan fingerprint density at radius 1 is 1.14 bits per heavy atom. The molecule has 5 heteroatoms. The molecule has 2 aromatic rings. The fourth-order valence-corrected chi connectivity index (χ4v) is 2.82. The second-order valence-corrected chi connectivity index (χ2v) is 6.00. The lowest BCUT2D eigenvalue weighted by Gasteiger charge is -2.17. The molecule has 0 aliphatic carbocycles. The van der Waals surface area contributed by atoms with Gasteiger partial charge in [-0.2, -0.15) is 0 Å². The highest BCUT2D eigenvalue weighted by atomic mass is 32.2. The number of halogens is 2. The maximum Gasteiger partial charge on any atom is 0.126 e. The van der Waals surface area contributed by atoms with Crippen LogP contribution in [-0.2, 0) is 6.42 Å². The zero-order chi connectivity index (χ0) is 15.2. The Kier molecular flexibility index (Phi) is 5.73. The predicted octanol–water partition coefficient (Wildman–Crippen LogP) is 3.82. The van der Waals surface area contributed by atoms with E-state index in [2.05, 4.69) is 12.3 Å². The van der Waals surface area contributed by atoms with Crippen molar-refractivity contribution in [1.82, 2.24) is 5.43 Å². The Hall–Kier alpha value is -1.43. The second-order valence-electron chi connectivity index (χ2n) is 4.66. The number of hydrogen-bond donors (Lipinski definition) is 2. The van der Waals surface area contributed by atoms with Crippen molar-refractivity contribution in [1.29, 1.82) is 0 Å². The molecule has 0 heterocycles. The highest BCUT2D eigenvalue weighted by molar-refractivity contribution is 7.99. The van der Waals surface area contributed by atoms with Crippen LogP contribution < -0.4 is 11.3 Å². The van der Waals surface area contributed by atoms with Gasteiger partial charge in [-0.1, -0.05) is 19.1 Å². The summed E-state index contributed by atoms with van der Waals surface area (Å²) in [4.78, 5) is 1.17. The van der Waals surface area contributed by atoms with Gasteiger partial charge in [-0.05, 0) is 53.6 Å². The van der Waals surface area contributed by atoms with E-state index >= 15 is 0 Å². The van der Waals surface area contributed by atoms with Crippen LogP contribution in [-0.4, -0.2) is 5.75 Å². The van der Waals surface area contributed by atoms with Crippen LogP contribution in [0.1, 0.15) is 24.1 Å². The summed E-state index contributed by atoms with van der Waals surface area (Å²) in [7, 11) is 0. The van der Waals surface area contributed by atoms with Crippen molar-refractivity contribution < 1.29 is 8.78 Å². The van der Waals surface area contributed by atoms with Crippen LogP contribution in [0.15, 0.2) is 47.4 Å². The predicted molar refractivity (Wildman–Crippen MR) is 83.0 cm³/mol. The summed E-state index contributed by atoms with van der Waals surface area (Å²) in [5, 5.41) is 0. The van der Waals surface area contributed by atoms with Crippen LogP contribution in [0.2, 0.25) is 0 Å². The van der Waals surface area contributed by atoms with Gasteiger partial charge in [-0.3, -0.25) is 11.3 Å². The summed E-state index contributed by atoms with van der Waals surface area (Å²) in [5.74, 6) is 5.70. The van der Waals surface area contributed by atoms with E-state index in [-0.39, 0.29) is 6.04 Å². The lowest BCUT2D eigenvalue weighted by atomic mass is 9.99. The molecule has 2 rings (SSSR count). The monoisotopic (exact) mass is 308 g/mol. The Morgan fingerprint density at radius 3 is 2.48 bits per heavy atom. The van der Waals surface area contributed by atoms with Crippen LogP contribution in [0.25, 0.3) is 0 Å². The third-order valence-corrected chi connectivity index (χ3v) is 4.12. The zero-order valence-electron chi connectivity index (χ0n) is 11.8. The van der Waals surface area contributed by atoms with E-state index in [4.69, 9.17) is 5.84 Å². The topological polar surface area (TPSA) is 38.0 Å². The van der Waals surface area contributed by atoms with Gasteiger partial charge < -0.3 is 0 Å². The molecule has 0 aliphatic heterocycles. The first-order valence-corrected chi connectivity index (χ1v) is 7.75. The summed E-state index contributed by atoms with van der Waals surface area (Å²) >= 11 is 1.75. The SMILES string of the molecule is CCSc1ccc(C(Cc2cc(F)ccc2F)NN)cc1. The van der Waals surface area contributed by atoms with Gasteiger partial charge in [0.2, 0.25) is 0 Å². The molecule has 0 saturated heterocycles. The third-order valence-electron chi connectivity index (χ3n) is 3.23.